The summed E-state index contributed by atoms with van der Waals surface area (Å²) < 4.78 is 5.90. The minimum Gasteiger partial charge on any atom is -0.493 e. The van der Waals surface area contributed by atoms with Crippen molar-refractivity contribution in [2.75, 3.05) is 19.7 Å². The standard InChI is InChI=1S/C18H22N2O2/c1-14-4-2-6-17(10-14)22-13-15-5-3-9-20(12-15)18(21)16-7-8-19-11-16/h2,4,6-8,10-11,15,19H,3,5,9,12-13H2,1H3/t15-/m1/s1. The van der Waals surface area contributed by atoms with E-state index in [1.807, 2.05) is 29.2 Å². The van der Waals surface area contributed by atoms with Gasteiger partial charge in [0.2, 0.25) is 0 Å². The Labute approximate surface area is 131 Å². The van der Waals surface area contributed by atoms with E-state index in [0.717, 1.165) is 37.2 Å². The van der Waals surface area contributed by atoms with E-state index in [1.165, 1.54) is 5.56 Å². The minimum atomic E-state index is 0.113. The maximum absolute atomic E-state index is 12.4. The molecule has 0 radical (unpaired) electrons. The van der Waals surface area contributed by atoms with Crippen LogP contribution in [0.3, 0.4) is 0 Å². The van der Waals surface area contributed by atoms with Crippen molar-refractivity contribution < 1.29 is 9.53 Å². The fourth-order valence-electron chi connectivity index (χ4n) is 2.94. The molecule has 0 unspecified atom stereocenters. The Morgan fingerprint density at radius 3 is 3.09 bits per heavy atom. The monoisotopic (exact) mass is 298 g/mol. The summed E-state index contributed by atoms with van der Waals surface area (Å²) in [4.78, 5) is 17.3. The first kappa shape index (κ1) is 14.7. The number of benzene rings is 1. The molecule has 4 nitrogen and oxygen atoms in total. The number of aromatic nitrogens is 1. The quantitative estimate of drug-likeness (QED) is 0.941. The highest BCUT2D eigenvalue weighted by atomic mass is 16.5. The van der Waals surface area contributed by atoms with Gasteiger partial charge in [-0.25, -0.2) is 0 Å². The number of hydrogen-bond acceptors (Lipinski definition) is 2. The summed E-state index contributed by atoms with van der Waals surface area (Å²) in [6, 6.07) is 9.93. The van der Waals surface area contributed by atoms with E-state index in [-0.39, 0.29) is 5.91 Å². The predicted octanol–water partition coefficient (Wildman–Crippen LogP) is 3.25. The van der Waals surface area contributed by atoms with Crippen molar-refractivity contribution in [3.05, 3.63) is 53.9 Å². The Hall–Kier alpha value is -2.23. The average Bonchev–Trinajstić information content (AvgIpc) is 3.07. The summed E-state index contributed by atoms with van der Waals surface area (Å²) in [5, 5.41) is 0. The third-order valence-electron chi connectivity index (χ3n) is 4.13. The van der Waals surface area contributed by atoms with Gasteiger partial charge in [-0.2, -0.15) is 0 Å². The third-order valence-corrected chi connectivity index (χ3v) is 4.13. The second kappa shape index (κ2) is 6.69. The van der Waals surface area contributed by atoms with Crippen LogP contribution < -0.4 is 4.74 Å². The van der Waals surface area contributed by atoms with Gasteiger partial charge in [0.1, 0.15) is 5.75 Å². The van der Waals surface area contributed by atoms with E-state index < -0.39 is 0 Å². The van der Waals surface area contributed by atoms with E-state index in [0.29, 0.717) is 12.5 Å². The van der Waals surface area contributed by atoms with E-state index in [1.54, 1.807) is 12.4 Å². The number of nitrogens with zero attached hydrogens (tertiary/aromatic N) is 1. The Morgan fingerprint density at radius 2 is 2.32 bits per heavy atom. The number of hydrogen-bond donors (Lipinski definition) is 1. The number of H-pyrrole nitrogens is 1. The maximum Gasteiger partial charge on any atom is 0.255 e. The summed E-state index contributed by atoms with van der Waals surface area (Å²) in [5.74, 6) is 1.42. The molecule has 1 atom stereocenters. The molecule has 0 bridgehead atoms. The summed E-state index contributed by atoms with van der Waals surface area (Å²) >= 11 is 0. The second-order valence-electron chi connectivity index (χ2n) is 5.99. The fraction of sp³-hybridized carbons (Fsp3) is 0.389. The van der Waals surface area contributed by atoms with E-state index in [2.05, 4.69) is 18.0 Å². The van der Waals surface area contributed by atoms with Crippen LogP contribution in [0.15, 0.2) is 42.7 Å². The number of amides is 1. The number of carbonyl (C=O) groups is 1. The van der Waals surface area contributed by atoms with Gasteiger partial charge in [0.15, 0.2) is 0 Å². The first-order valence-corrected chi connectivity index (χ1v) is 7.84. The van der Waals surface area contributed by atoms with Gasteiger partial charge in [-0.15, -0.1) is 0 Å². The Morgan fingerprint density at radius 1 is 1.41 bits per heavy atom. The van der Waals surface area contributed by atoms with E-state index >= 15 is 0 Å². The molecule has 0 aliphatic carbocycles. The molecule has 1 aromatic heterocycles. The van der Waals surface area contributed by atoms with Crippen molar-refractivity contribution in [2.45, 2.75) is 19.8 Å². The van der Waals surface area contributed by atoms with Crippen molar-refractivity contribution in [3.63, 3.8) is 0 Å². The number of piperidine rings is 1. The number of likely N-dealkylation sites (tertiary alicyclic amines) is 1. The van der Waals surface area contributed by atoms with Gasteiger partial charge in [0.05, 0.1) is 12.2 Å². The molecule has 2 aromatic rings. The summed E-state index contributed by atoms with van der Waals surface area (Å²) in [6.07, 6.45) is 5.70. The lowest BCUT2D eigenvalue weighted by Gasteiger charge is -2.32. The molecule has 116 valence electrons. The van der Waals surface area contributed by atoms with Crippen molar-refractivity contribution in [2.24, 2.45) is 5.92 Å². The van der Waals surface area contributed by atoms with E-state index in [9.17, 15) is 4.79 Å². The highest BCUT2D eigenvalue weighted by Gasteiger charge is 2.25. The minimum absolute atomic E-state index is 0.113. The van der Waals surface area contributed by atoms with Crippen LogP contribution in [0.4, 0.5) is 0 Å². The van der Waals surface area contributed by atoms with Gasteiger partial charge in [0, 0.05) is 31.4 Å². The molecule has 1 aromatic carbocycles. The Kier molecular flexibility index (Phi) is 4.47. The van der Waals surface area contributed by atoms with Crippen molar-refractivity contribution in [1.29, 1.82) is 0 Å². The van der Waals surface area contributed by atoms with Gasteiger partial charge in [-0.05, 0) is 43.5 Å². The molecule has 1 amide bonds. The second-order valence-corrected chi connectivity index (χ2v) is 5.99. The van der Waals surface area contributed by atoms with Gasteiger partial charge in [-0.3, -0.25) is 4.79 Å². The third kappa shape index (κ3) is 3.50. The zero-order valence-corrected chi connectivity index (χ0v) is 12.9. The lowest BCUT2D eigenvalue weighted by Crippen LogP contribution is -2.41. The number of rotatable bonds is 4. The number of ether oxygens (including phenoxy) is 1. The summed E-state index contributed by atoms with van der Waals surface area (Å²) in [7, 11) is 0. The maximum atomic E-state index is 12.4. The zero-order valence-electron chi connectivity index (χ0n) is 12.9. The molecule has 1 aliphatic rings. The average molecular weight is 298 g/mol. The van der Waals surface area contributed by atoms with Crippen LogP contribution in [0.5, 0.6) is 5.75 Å². The summed E-state index contributed by atoms with van der Waals surface area (Å²) in [5.41, 5.74) is 1.94. The number of nitrogens with one attached hydrogen (secondary N) is 1. The van der Waals surface area contributed by atoms with Gasteiger partial charge < -0.3 is 14.6 Å². The normalized spacial score (nSPS) is 18.2. The number of aromatic amines is 1. The highest BCUT2D eigenvalue weighted by Crippen LogP contribution is 2.21. The summed E-state index contributed by atoms with van der Waals surface area (Å²) in [6.45, 7) is 4.34. The van der Waals surface area contributed by atoms with Gasteiger partial charge in [-0.1, -0.05) is 12.1 Å². The van der Waals surface area contributed by atoms with Crippen LogP contribution in [0.1, 0.15) is 28.8 Å². The smallest absolute Gasteiger partial charge is 0.255 e. The van der Waals surface area contributed by atoms with Crippen LogP contribution in [0.2, 0.25) is 0 Å². The molecule has 4 heteroatoms. The Balaban J connectivity index is 1.55. The molecule has 2 heterocycles. The van der Waals surface area contributed by atoms with Gasteiger partial charge in [0.25, 0.3) is 5.91 Å². The predicted molar refractivity (Wildman–Crippen MR) is 86.1 cm³/mol. The number of aryl methyl sites for hydroxylation is 1. The molecule has 1 fully saturated rings. The zero-order chi connectivity index (χ0) is 15.4. The van der Waals surface area contributed by atoms with Crippen LogP contribution in [0.25, 0.3) is 0 Å². The lowest BCUT2D eigenvalue weighted by atomic mass is 9.98. The fourth-order valence-corrected chi connectivity index (χ4v) is 2.94. The first-order valence-electron chi connectivity index (χ1n) is 7.84. The molecule has 0 saturated carbocycles. The molecule has 1 aliphatic heterocycles. The van der Waals surface area contributed by atoms with E-state index in [4.69, 9.17) is 4.74 Å². The molecular formula is C18H22N2O2. The lowest BCUT2D eigenvalue weighted by molar-refractivity contribution is 0.0633. The van der Waals surface area contributed by atoms with Crippen molar-refractivity contribution in [3.8, 4) is 5.75 Å². The first-order chi connectivity index (χ1) is 10.7. The molecular weight excluding hydrogens is 276 g/mol. The number of carbonyl (C=O) groups excluding carboxylic acids is 1. The van der Waals surface area contributed by atoms with Crippen molar-refractivity contribution in [1.82, 2.24) is 9.88 Å². The van der Waals surface area contributed by atoms with Crippen molar-refractivity contribution >= 4 is 5.91 Å². The largest absolute Gasteiger partial charge is 0.493 e. The molecule has 0 spiro atoms. The highest BCUT2D eigenvalue weighted by molar-refractivity contribution is 5.94. The van der Waals surface area contributed by atoms with Crippen LogP contribution in [-0.4, -0.2) is 35.5 Å². The topological polar surface area (TPSA) is 45.3 Å². The SMILES string of the molecule is Cc1cccc(OC[C@@H]2CCCN(C(=O)c3cc[nH]c3)C2)c1. The Bertz CT molecular complexity index is 622. The molecule has 1 N–H and O–H groups in total. The van der Waals surface area contributed by atoms with Crippen LogP contribution in [-0.2, 0) is 0 Å². The van der Waals surface area contributed by atoms with Gasteiger partial charge >= 0.3 is 0 Å². The molecule has 22 heavy (non-hydrogen) atoms. The molecule has 3 rings (SSSR count). The molecule has 1 saturated heterocycles. The van der Waals surface area contributed by atoms with Crippen LogP contribution >= 0.6 is 0 Å². The van der Waals surface area contributed by atoms with Crippen LogP contribution in [0, 0.1) is 12.8 Å².